The van der Waals surface area contributed by atoms with Gasteiger partial charge in [0.15, 0.2) is 5.69 Å². The van der Waals surface area contributed by atoms with E-state index in [0.29, 0.717) is 5.82 Å². The van der Waals surface area contributed by atoms with E-state index in [1.54, 1.807) is 6.20 Å². The monoisotopic (exact) mass is 278 g/mol. The van der Waals surface area contributed by atoms with Crippen molar-refractivity contribution in [3.8, 4) is 0 Å². The first-order valence-corrected chi connectivity index (χ1v) is 6.56. The van der Waals surface area contributed by atoms with Gasteiger partial charge in [-0.25, -0.2) is 9.78 Å². The molecule has 0 unspecified atom stereocenters. The van der Waals surface area contributed by atoms with Crippen LogP contribution in [0.1, 0.15) is 36.2 Å². The molecule has 2 rings (SSSR count). The Balaban J connectivity index is 1.94. The fraction of sp³-hybridized carbons (Fsp3) is 0.538. The molecule has 0 spiro atoms. The summed E-state index contributed by atoms with van der Waals surface area (Å²) < 4.78 is 4.60. The van der Waals surface area contributed by atoms with E-state index in [9.17, 15) is 9.59 Å². The van der Waals surface area contributed by atoms with Gasteiger partial charge in [0.2, 0.25) is 5.91 Å². The molecule has 7 heteroatoms. The lowest BCUT2D eigenvalue weighted by Gasteiger charge is -2.27. The van der Waals surface area contributed by atoms with E-state index >= 15 is 0 Å². The number of aromatic nitrogens is 2. The molecular formula is C13H18N4O3. The molecule has 0 aliphatic heterocycles. The SMILES string of the molecule is COC(=O)c1cncc(NC2CCC(C(N)=O)CC2)n1. The number of nitrogens with two attached hydrogens (primary N) is 1. The Bertz CT molecular complexity index is 498. The average molecular weight is 278 g/mol. The van der Waals surface area contributed by atoms with E-state index in [0.717, 1.165) is 25.7 Å². The van der Waals surface area contributed by atoms with Gasteiger partial charge in [-0.3, -0.25) is 9.78 Å². The molecule has 0 aromatic carbocycles. The number of primary amides is 1. The van der Waals surface area contributed by atoms with Crippen LogP contribution in [-0.2, 0) is 9.53 Å². The number of nitrogens with zero attached hydrogens (tertiary/aromatic N) is 2. The van der Waals surface area contributed by atoms with Crippen molar-refractivity contribution < 1.29 is 14.3 Å². The number of hydrogen-bond acceptors (Lipinski definition) is 6. The minimum absolute atomic E-state index is 0.0273. The van der Waals surface area contributed by atoms with Crippen molar-refractivity contribution in [3.63, 3.8) is 0 Å². The van der Waals surface area contributed by atoms with Gasteiger partial charge < -0.3 is 15.8 Å². The van der Waals surface area contributed by atoms with E-state index in [1.807, 2.05) is 0 Å². The van der Waals surface area contributed by atoms with E-state index in [1.165, 1.54) is 13.3 Å². The van der Waals surface area contributed by atoms with Crippen LogP contribution in [0.5, 0.6) is 0 Å². The van der Waals surface area contributed by atoms with Crippen LogP contribution in [-0.4, -0.2) is 35.0 Å². The van der Waals surface area contributed by atoms with Crippen LogP contribution in [0.4, 0.5) is 5.82 Å². The Labute approximate surface area is 116 Å². The quantitative estimate of drug-likeness (QED) is 0.786. The van der Waals surface area contributed by atoms with Crippen LogP contribution in [0.3, 0.4) is 0 Å². The summed E-state index contributed by atoms with van der Waals surface area (Å²) in [6.07, 6.45) is 6.16. The predicted octanol–water partition coefficient (Wildman–Crippen LogP) is 0.719. The first-order valence-electron chi connectivity index (χ1n) is 6.56. The first-order chi connectivity index (χ1) is 9.60. The molecule has 1 heterocycles. The molecule has 1 aliphatic rings. The van der Waals surface area contributed by atoms with E-state index in [-0.39, 0.29) is 23.6 Å². The van der Waals surface area contributed by atoms with Crippen LogP contribution in [0, 0.1) is 5.92 Å². The maximum atomic E-state index is 11.4. The lowest BCUT2D eigenvalue weighted by Crippen LogP contribution is -2.32. The van der Waals surface area contributed by atoms with Crippen LogP contribution in [0.25, 0.3) is 0 Å². The van der Waals surface area contributed by atoms with Gasteiger partial charge in [-0.15, -0.1) is 0 Å². The molecule has 3 N–H and O–H groups in total. The van der Waals surface area contributed by atoms with Crippen LogP contribution < -0.4 is 11.1 Å². The second-order valence-electron chi connectivity index (χ2n) is 4.88. The standard InChI is InChI=1S/C13H18N4O3/c1-20-13(19)10-6-15-7-11(17-10)16-9-4-2-8(3-5-9)12(14)18/h6-9H,2-5H2,1H3,(H2,14,18)(H,16,17). The number of carbonyl (C=O) groups excluding carboxylic acids is 2. The minimum Gasteiger partial charge on any atom is -0.464 e. The van der Waals surface area contributed by atoms with Gasteiger partial charge in [0.1, 0.15) is 5.82 Å². The van der Waals surface area contributed by atoms with Gasteiger partial charge in [-0.05, 0) is 25.7 Å². The van der Waals surface area contributed by atoms with Gasteiger partial charge in [0, 0.05) is 12.0 Å². The molecule has 0 saturated heterocycles. The lowest BCUT2D eigenvalue weighted by molar-refractivity contribution is -0.122. The normalized spacial score (nSPS) is 22.1. The van der Waals surface area contributed by atoms with E-state index < -0.39 is 5.97 Å². The summed E-state index contributed by atoms with van der Waals surface area (Å²) in [5.74, 6) is -0.231. The van der Waals surface area contributed by atoms with Gasteiger partial charge in [-0.2, -0.15) is 0 Å². The number of hydrogen-bond donors (Lipinski definition) is 2. The molecule has 0 bridgehead atoms. The van der Waals surface area contributed by atoms with Crippen molar-refractivity contribution in [3.05, 3.63) is 18.1 Å². The molecule has 0 atom stereocenters. The number of esters is 1. The molecule has 20 heavy (non-hydrogen) atoms. The smallest absolute Gasteiger partial charge is 0.358 e. The van der Waals surface area contributed by atoms with Gasteiger partial charge >= 0.3 is 5.97 Å². The predicted molar refractivity (Wildman–Crippen MR) is 71.9 cm³/mol. The lowest BCUT2D eigenvalue weighted by atomic mass is 9.85. The van der Waals surface area contributed by atoms with Crippen molar-refractivity contribution in [2.75, 3.05) is 12.4 Å². The zero-order chi connectivity index (χ0) is 14.5. The van der Waals surface area contributed by atoms with Crippen molar-refractivity contribution >= 4 is 17.7 Å². The number of anilines is 1. The van der Waals surface area contributed by atoms with Crippen LogP contribution >= 0.6 is 0 Å². The van der Waals surface area contributed by atoms with E-state index in [2.05, 4.69) is 20.0 Å². The Morgan fingerprint density at radius 2 is 2.00 bits per heavy atom. The fourth-order valence-electron chi connectivity index (χ4n) is 2.37. The molecule has 1 saturated carbocycles. The molecule has 108 valence electrons. The zero-order valence-electron chi connectivity index (χ0n) is 11.3. The number of ether oxygens (including phenoxy) is 1. The summed E-state index contributed by atoms with van der Waals surface area (Å²) >= 11 is 0. The third-order valence-corrected chi connectivity index (χ3v) is 3.51. The van der Waals surface area contributed by atoms with Gasteiger partial charge in [0.05, 0.1) is 19.5 Å². The highest BCUT2D eigenvalue weighted by molar-refractivity contribution is 5.87. The Hall–Kier alpha value is -2.18. The maximum absolute atomic E-state index is 11.4. The molecule has 0 radical (unpaired) electrons. The van der Waals surface area contributed by atoms with Crippen LogP contribution in [0.15, 0.2) is 12.4 Å². The second kappa shape index (κ2) is 6.31. The molecule has 7 nitrogen and oxygen atoms in total. The van der Waals surface area contributed by atoms with Crippen molar-refractivity contribution in [2.45, 2.75) is 31.7 Å². The molecule has 1 fully saturated rings. The van der Waals surface area contributed by atoms with Crippen LogP contribution in [0.2, 0.25) is 0 Å². The Morgan fingerprint density at radius 3 is 2.60 bits per heavy atom. The summed E-state index contributed by atoms with van der Waals surface area (Å²) in [5.41, 5.74) is 5.47. The third kappa shape index (κ3) is 3.43. The molecule has 1 aromatic rings. The fourth-order valence-corrected chi connectivity index (χ4v) is 2.37. The van der Waals surface area contributed by atoms with Crippen molar-refractivity contribution in [1.29, 1.82) is 0 Å². The van der Waals surface area contributed by atoms with Crippen molar-refractivity contribution in [2.24, 2.45) is 11.7 Å². The summed E-state index contributed by atoms with van der Waals surface area (Å²) in [6, 6.07) is 0.216. The highest BCUT2D eigenvalue weighted by Crippen LogP contribution is 2.25. The second-order valence-corrected chi connectivity index (χ2v) is 4.88. The number of amides is 1. The topological polar surface area (TPSA) is 107 Å². The molecule has 1 aromatic heterocycles. The first kappa shape index (κ1) is 14.2. The summed E-state index contributed by atoms with van der Waals surface area (Å²) in [5, 5.41) is 3.23. The van der Waals surface area contributed by atoms with E-state index in [4.69, 9.17) is 5.73 Å². The highest BCUT2D eigenvalue weighted by atomic mass is 16.5. The summed E-state index contributed by atoms with van der Waals surface area (Å²) in [4.78, 5) is 30.6. The summed E-state index contributed by atoms with van der Waals surface area (Å²) in [6.45, 7) is 0. The Kier molecular flexibility index (Phi) is 4.49. The molecule has 1 aliphatic carbocycles. The number of nitrogens with one attached hydrogen (secondary N) is 1. The van der Waals surface area contributed by atoms with Gasteiger partial charge in [-0.1, -0.05) is 0 Å². The minimum atomic E-state index is -0.515. The number of rotatable bonds is 4. The van der Waals surface area contributed by atoms with Gasteiger partial charge in [0.25, 0.3) is 0 Å². The average Bonchev–Trinajstić information content (AvgIpc) is 2.47. The number of methoxy groups -OCH3 is 1. The highest BCUT2D eigenvalue weighted by Gasteiger charge is 2.24. The summed E-state index contributed by atoms with van der Waals surface area (Å²) in [7, 11) is 1.30. The molecule has 1 amide bonds. The van der Waals surface area contributed by atoms with Crippen molar-refractivity contribution in [1.82, 2.24) is 9.97 Å². The largest absolute Gasteiger partial charge is 0.464 e. The Morgan fingerprint density at radius 1 is 1.30 bits per heavy atom. The number of carbonyl (C=O) groups is 2. The molecular weight excluding hydrogens is 260 g/mol. The maximum Gasteiger partial charge on any atom is 0.358 e. The third-order valence-electron chi connectivity index (χ3n) is 3.51. The zero-order valence-corrected chi connectivity index (χ0v) is 11.3.